The van der Waals surface area contributed by atoms with Crippen LogP contribution in [0.15, 0.2) is 48.5 Å². The lowest BCUT2D eigenvalue weighted by Crippen LogP contribution is -2.57. The van der Waals surface area contributed by atoms with E-state index in [1.807, 2.05) is 24.3 Å². The Labute approximate surface area is 178 Å². The van der Waals surface area contributed by atoms with Gasteiger partial charge in [-0.1, -0.05) is 41.9 Å². The Kier molecular flexibility index (Phi) is 6.11. The molecule has 1 saturated carbocycles. The standard InChI is InChI=1S/C22H22ClFN2O2S/c23-16-7-5-13(6-8-16)15-9-17(10-15)25-21(27)19-12-29-20(22(28)26-19)11-14-3-1-2-4-18(14)24/h1-8,15,17,19-20H,9-12H2,(H,25,27)(H,26,28). The van der Waals surface area contributed by atoms with Crippen molar-refractivity contribution < 1.29 is 14.0 Å². The third kappa shape index (κ3) is 4.75. The summed E-state index contributed by atoms with van der Waals surface area (Å²) < 4.78 is 13.8. The van der Waals surface area contributed by atoms with Gasteiger partial charge < -0.3 is 10.6 Å². The quantitative estimate of drug-likeness (QED) is 0.757. The van der Waals surface area contributed by atoms with E-state index in [2.05, 4.69) is 10.6 Å². The maximum atomic E-state index is 13.8. The second-order valence-corrected chi connectivity index (χ2v) is 9.28. The first-order valence-corrected chi connectivity index (χ1v) is 11.1. The fraction of sp³-hybridized carbons (Fsp3) is 0.364. The Bertz CT molecular complexity index is 902. The monoisotopic (exact) mass is 432 g/mol. The first-order valence-electron chi connectivity index (χ1n) is 9.71. The first kappa shape index (κ1) is 20.2. The minimum absolute atomic E-state index is 0.126. The molecule has 2 aliphatic rings. The average molecular weight is 433 g/mol. The lowest BCUT2D eigenvalue weighted by molar-refractivity contribution is -0.129. The van der Waals surface area contributed by atoms with Gasteiger partial charge in [0.05, 0.1) is 5.25 Å². The number of nitrogens with one attached hydrogen (secondary N) is 2. The van der Waals surface area contributed by atoms with Crippen LogP contribution in [0.1, 0.15) is 29.9 Å². The normalized spacial score (nSPS) is 26.3. The summed E-state index contributed by atoms with van der Waals surface area (Å²) in [6.45, 7) is 0. The number of carbonyl (C=O) groups excluding carboxylic acids is 2. The van der Waals surface area contributed by atoms with E-state index in [0.717, 1.165) is 17.9 Å². The van der Waals surface area contributed by atoms with Crippen LogP contribution in [0.5, 0.6) is 0 Å². The molecule has 2 aromatic rings. The third-order valence-corrected chi connectivity index (χ3v) is 7.14. The van der Waals surface area contributed by atoms with Crippen molar-refractivity contribution in [2.45, 2.75) is 42.5 Å². The van der Waals surface area contributed by atoms with Gasteiger partial charge in [-0.15, -0.1) is 11.8 Å². The average Bonchev–Trinajstić information content (AvgIpc) is 2.68. The van der Waals surface area contributed by atoms with Crippen LogP contribution in [0.4, 0.5) is 4.39 Å². The zero-order chi connectivity index (χ0) is 20.4. The summed E-state index contributed by atoms with van der Waals surface area (Å²) in [7, 11) is 0. The Morgan fingerprint density at radius 3 is 2.59 bits per heavy atom. The second-order valence-electron chi connectivity index (χ2n) is 7.60. The molecule has 1 aliphatic carbocycles. The van der Waals surface area contributed by atoms with Crippen LogP contribution in [-0.2, 0) is 16.0 Å². The number of benzene rings is 2. The summed E-state index contributed by atoms with van der Waals surface area (Å²) in [5.74, 6) is 0.260. The van der Waals surface area contributed by atoms with E-state index >= 15 is 0 Å². The van der Waals surface area contributed by atoms with Crippen molar-refractivity contribution in [3.63, 3.8) is 0 Å². The molecule has 1 aliphatic heterocycles. The molecule has 0 radical (unpaired) electrons. The van der Waals surface area contributed by atoms with Crippen molar-refractivity contribution >= 4 is 35.2 Å². The van der Waals surface area contributed by atoms with E-state index in [-0.39, 0.29) is 28.9 Å². The molecule has 0 bridgehead atoms. The van der Waals surface area contributed by atoms with E-state index in [9.17, 15) is 14.0 Å². The van der Waals surface area contributed by atoms with Gasteiger partial charge in [0.15, 0.2) is 0 Å². The van der Waals surface area contributed by atoms with E-state index < -0.39 is 6.04 Å². The fourth-order valence-corrected chi connectivity index (χ4v) is 5.10. The Morgan fingerprint density at radius 2 is 1.90 bits per heavy atom. The van der Waals surface area contributed by atoms with Crippen molar-refractivity contribution in [2.24, 2.45) is 0 Å². The number of thioether (sulfide) groups is 1. The predicted molar refractivity (Wildman–Crippen MR) is 114 cm³/mol. The summed E-state index contributed by atoms with van der Waals surface area (Å²) in [6, 6.07) is 13.9. The van der Waals surface area contributed by atoms with Gasteiger partial charge in [0, 0.05) is 16.8 Å². The van der Waals surface area contributed by atoms with Gasteiger partial charge in [0.2, 0.25) is 11.8 Å². The summed E-state index contributed by atoms with van der Waals surface area (Å²) in [5, 5.41) is 6.18. The van der Waals surface area contributed by atoms with Gasteiger partial charge in [0.25, 0.3) is 0 Å². The Hall–Kier alpha value is -2.05. The molecular weight excluding hydrogens is 411 g/mol. The van der Waals surface area contributed by atoms with Crippen LogP contribution < -0.4 is 10.6 Å². The molecule has 4 nitrogen and oxygen atoms in total. The SMILES string of the molecule is O=C(NC1CC(c2ccc(Cl)cc2)C1)C1CSC(Cc2ccccc2F)C(=O)N1. The van der Waals surface area contributed by atoms with Gasteiger partial charge in [-0.05, 0) is 54.5 Å². The molecule has 152 valence electrons. The highest BCUT2D eigenvalue weighted by atomic mass is 35.5. The Morgan fingerprint density at radius 1 is 1.17 bits per heavy atom. The number of halogens is 2. The van der Waals surface area contributed by atoms with Gasteiger partial charge in [-0.3, -0.25) is 9.59 Å². The summed E-state index contributed by atoms with van der Waals surface area (Å²) in [6.07, 6.45) is 2.09. The molecule has 2 fully saturated rings. The van der Waals surface area contributed by atoms with E-state index in [0.29, 0.717) is 23.7 Å². The number of hydrogen-bond donors (Lipinski definition) is 2. The molecule has 2 amide bonds. The number of carbonyl (C=O) groups is 2. The predicted octanol–water partition coefficient (Wildman–Crippen LogP) is 3.68. The zero-order valence-electron chi connectivity index (χ0n) is 15.7. The van der Waals surface area contributed by atoms with E-state index in [4.69, 9.17) is 11.6 Å². The highest BCUT2D eigenvalue weighted by molar-refractivity contribution is 8.00. The summed E-state index contributed by atoms with van der Waals surface area (Å²) in [5.41, 5.74) is 1.75. The molecular formula is C22H22ClFN2O2S. The topological polar surface area (TPSA) is 58.2 Å². The molecule has 7 heteroatoms. The molecule has 2 unspecified atom stereocenters. The highest BCUT2D eigenvalue weighted by Gasteiger charge is 2.36. The van der Waals surface area contributed by atoms with Crippen molar-refractivity contribution in [3.8, 4) is 0 Å². The molecule has 0 aromatic heterocycles. The third-order valence-electron chi connectivity index (χ3n) is 5.58. The van der Waals surface area contributed by atoms with Crippen LogP contribution in [0, 0.1) is 5.82 Å². The molecule has 2 N–H and O–H groups in total. The van der Waals surface area contributed by atoms with Gasteiger partial charge >= 0.3 is 0 Å². The van der Waals surface area contributed by atoms with Crippen LogP contribution in [0.25, 0.3) is 0 Å². The van der Waals surface area contributed by atoms with E-state index in [1.54, 1.807) is 18.2 Å². The molecule has 29 heavy (non-hydrogen) atoms. The largest absolute Gasteiger partial charge is 0.352 e. The molecule has 0 spiro atoms. The van der Waals surface area contributed by atoms with Crippen LogP contribution in [-0.4, -0.2) is 34.9 Å². The van der Waals surface area contributed by atoms with Crippen LogP contribution >= 0.6 is 23.4 Å². The summed E-state index contributed by atoms with van der Waals surface area (Å²) in [4.78, 5) is 25.0. The minimum atomic E-state index is -0.543. The number of amides is 2. The minimum Gasteiger partial charge on any atom is -0.352 e. The zero-order valence-corrected chi connectivity index (χ0v) is 17.3. The maximum absolute atomic E-state index is 13.8. The van der Waals surface area contributed by atoms with Crippen LogP contribution in [0.3, 0.4) is 0 Å². The molecule has 4 rings (SSSR count). The van der Waals surface area contributed by atoms with Crippen molar-refractivity contribution in [1.29, 1.82) is 0 Å². The fourth-order valence-electron chi connectivity index (χ4n) is 3.80. The molecule has 2 aromatic carbocycles. The lowest BCUT2D eigenvalue weighted by Gasteiger charge is -2.37. The number of hydrogen-bond acceptors (Lipinski definition) is 3. The number of rotatable bonds is 5. The van der Waals surface area contributed by atoms with Crippen molar-refractivity contribution in [2.75, 3.05) is 5.75 Å². The summed E-state index contributed by atoms with van der Waals surface area (Å²) >= 11 is 7.33. The van der Waals surface area contributed by atoms with Crippen LogP contribution in [0.2, 0.25) is 5.02 Å². The first-order chi connectivity index (χ1) is 14.0. The van der Waals surface area contributed by atoms with E-state index in [1.165, 1.54) is 23.4 Å². The van der Waals surface area contributed by atoms with Crippen molar-refractivity contribution in [3.05, 3.63) is 70.5 Å². The second kappa shape index (κ2) is 8.76. The Balaban J connectivity index is 1.24. The van der Waals surface area contributed by atoms with Gasteiger partial charge in [-0.2, -0.15) is 0 Å². The van der Waals surface area contributed by atoms with Gasteiger partial charge in [0.1, 0.15) is 11.9 Å². The van der Waals surface area contributed by atoms with Gasteiger partial charge in [-0.25, -0.2) is 4.39 Å². The smallest absolute Gasteiger partial charge is 0.243 e. The molecule has 1 saturated heterocycles. The lowest BCUT2D eigenvalue weighted by atomic mass is 9.76. The molecule has 2 atom stereocenters. The van der Waals surface area contributed by atoms with Crippen molar-refractivity contribution in [1.82, 2.24) is 10.6 Å². The maximum Gasteiger partial charge on any atom is 0.243 e. The molecule has 1 heterocycles. The highest BCUT2D eigenvalue weighted by Crippen LogP contribution is 2.37.